The highest BCUT2D eigenvalue weighted by molar-refractivity contribution is 5.96. The number of pyridine rings is 2. The van der Waals surface area contributed by atoms with Crippen molar-refractivity contribution in [1.29, 1.82) is 0 Å². The molecule has 2 aromatic heterocycles. The SMILES string of the molecule is CO/N=C(\C)c1cccc(C(C)CCO/N=C(\C)c2cccc(C)n2)n1. The van der Waals surface area contributed by atoms with Crippen LogP contribution in [0.5, 0.6) is 0 Å². The van der Waals surface area contributed by atoms with Gasteiger partial charge >= 0.3 is 0 Å². The van der Waals surface area contributed by atoms with Gasteiger partial charge in [0.2, 0.25) is 0 Å². The molecule has 0 saturated heterocycles. The average Bonchev–Trinajstić information content (AvgIpc) is 2.65. The Morgan fingerprint density at radius 2 is 1.65 bits per heavy atom. The van der Waals surface area contributed by atoms with Crippen molar-refractivity contribution < 1.29 is 9.68 Å². The zero-order chi connectivity index (χ0) is 18.9. The van der Waals surface area contributed by atoms with Gasteiger partial charge in [0.25, 0.3) is 0 Å². The maximum absolute atomic E-state index is 5.47. The molecule has 6 nitrogen and oxygen atoms in total. The largest absolute Gasteiger partial charge is 0.399 e. The Bertz CT molecular complexity index is 787. The molecule has 26 heavy (non-hydrogen) atoms. The minimum Gasteiger partial charge on any atom is -0.399 e. The first-order chi connectivity index (χ1) is 12.5. The minimum atomic E-state index is 0.248. The van der Waals surface area contributed by atoms with E-state index in [9.17, 15) is 0 Å². The summed E-state index contributed by atoms with van der Waals surface area (Å²) in [6.07, 6.45) is 0.814. The molecule has 0 N–H and O–H groups in total. The number of rotatable bonds is 8. The quantitative estimate of drug-likeness (QED) is 0.407. The van der Waals surface area contributed by atoms with Crippen molar-refractivity contribution in [3.05, 3.63) is 59.2 Å². The summed E-state index contributed by atoms with van der Waals surface area (Å²) in [4.78, 5) is 19.4. The van der Waals surface area contributed by atoms with Crippen molar-refractivity contribution in [2.24, 2.45) is 10.3 Å². The molecular weight excluding hydrogens is 328 g/mol. The number of aryl methyl sites for hydroxylation is 1. The standard InChI is InChI=1S/C20H26N4O2/c1-14(18-9-7-11-20(22-18)16(3)23-25-5)12-13-26-24-17(4)19-10-6-8-15(2)21-19/h6-11,14H,12-13H2,1-5H3/b23-16+,24-17+. The third-order valence-electron chi connectivity index (χ3n) is 3.98. The molecule has 0 aromatic carbocycles. The molecule has 0 aliphatic carbocycles. The van der Waals surface area contributed by atoms with E-state index < -0.39 is 0 Å². The van der Waals surface area contributed by atoms with E-state index in [4.69, 9.17) is 9.68 Å². The zero-order valence-corrected chi connectivity index (χ0v) is 16.1. The van der Waals surface area contributed by atoms with Gasteiger partial charge in [0.15, 0.2) is 0 Å². The van der Waals surface area contributed by atoms with Crippen LogP contribution < -0.4 is 0 Å². The van der Waals surface area contributed by atoms with E-state index in [0.29, 0.717) is 6.61 Å². The van der Waals surface area contributed by atoms with Crippen LogP contribution in [-0.2, 0) is 9.68 Å². The lowest BCUT2D eigenvalue weighted by Gasteiger charge is -2.11. The Morgan fingerprint density at radius 3 is 2.35 bits per heavy atom. The molecule has 0 radical (unpaired) electrons. The van der Waals surface area contributed by atoms with E-state index in [1.807, 2.05) is 57.2 Å². The van der Waals surface area contributed by atoms with Gasteiger partial charge in [-0.3, -0.25) is 9.97 Å². The smallest absolute Gasteiger partial charge is 0.117 e. The van der Waals surface area contributed by atoms with Gasteiger partial charge in [0.1, 0.15) is 25.1 Å². The van der Waals surface area contributed by atoms with E-state index in [1.54, 1.807) is 0 Å². The second-order valence-corrected chi connectivity index (χ2v) is 6.17. The molecular formula is C20H26N4O2. The monoisotopic (exact) mass is 354 g/mol. The van der Waals surface area contributed by atoms with Crippen LogP contribution in [0, 0.1) is 6.92 Å². The molecule has 0 aliphatic rings. The maximum atomic E-state index is 5.47. The lowest BCUT2D eigenvalue weighted by molar-refractivity contribution is 0.137. The summed E-state index contributed by atoms with van der Waals surface area (Å²) >= 11 is 0. The molecule has 6 heteroatoms. The second-order valence-electron chi connectivity index (χ2n) is 6.17. The minimum absolute atomic E-state index is 0.248. The lowest BCUT2D eigenvalue weighted by atomic mass is 10.0. The van der Waals surface area contributed by atoms with E-state index in [2.05, 4.69) is 27.2 Å². The molecule has 2 aromatic rings. The number of hydrogen-bond acceptors (Lipinski definition) is 6. The van der Waals surface area contributed by atoms with Crippen molar-refractivity contribution in [1.82, 2.24) is 9.97 Å². The van der Waals surface area contributed by atoms with Crippen LogP contribution in [0.1, 0.15) is 55.9 Å². The van der Waals surface area contributed by atoms with Crippen LogP contribution in [0.25, 0.3) is 0 Å². The van der Waals surface area contributed by atoms with Gasteiger partial charge in [-0.15, -0.1) is 0 Å². The highest BCUT2D eigenvalue weighted by Crippen LogP contribution is 2.17. The van der Waals surface area contributed by atoms with Gasteiger partial charge in [0.05, 0.1) is 11.4 Å². The number of oxime groups is 2. The third-order valence-corrected chi connectivity index (χ3v) is 3.98. The van der Waals surface area contributed by atoms with Crippen molar-refractivity contribution in [3.8, 4) is 0 Å². The summed E-state index contributed by atoms with van der Waals surface area (Å²) in [6, 6.07) is 11.8. The van der Waals surface area contributed by atoms with Crippen molar-refractivity contribution in [3.63, 3.8) is 0 Å². The van der Waals surface area contributed by atoms with Crippen LogP contribution in [0.15, 0.2) is 46.7 Å². The normalized spacial score (nSPS) is 13.4. The first kappa shape index (κ1) is 19.6. The van der Waals surface area contributed by atoms with E-state index in [-0.39, 0.29) is 5.92 Å². The molecule has 0 bridgehead atoms. The molecule has 0 fully saturated rings. The fourth-order valence-electron chi connectivity index (χ4n) is 2.42. The summed E-state index contributed by atoms with van der Waals surface area (Å²) < 4.78 is 0. The number of aromatic nitrogens is 2. The Kier molecular flexibility index (Phi) is 7.26. The van der Waals surface area contributed by atoms with Crippen LogP contribution >= 0.6 is 0 Å². The van der Waals surface area contributed by atoms with Crippen LogP contribution in [0.3, 0.4) is 0 Å². The van der Waals surface area contributed by atoms with Crippen molar-refractivity contribution >= 4 is 11.4 Å². The Morgan fingerprint density at radius 1 is 1.00 bits per heavy atom. The van der Waals surface area contributed by atoms with E-state index >= 15 is 0 Å². The lowest BCUT2D eigenvalue weighted by Crippen LogP contribution is -2.06. The third kappa shape index (κ3) is 5.65. The van der Waals surface area contributed by atoms with E-state index in [0.717, 1.165) is 40.6 Å². The average molecular weight is 354 g/mol. The number of nitrogens with zero attached hydrogens (tertiary/aromatic N) is 4. The van der Waals surface area contributed by atoms with Crippen LogP contribution in [0.4, 0.5) is 0 Å². The predicted octanol–water partition coefficient (Wildman–Crippen LogP) is 4.09. The Labute approximate surface area is 155 Å². The molecule has 2 rings (SSSR count). The molecule has 0 amide bonds. The zero-order valence-electron chi connectivity index (χ0n) is 16.1. The van der Waals surface area contributed by atoms with Gasteiger partial charge in [0, 0.05) is 17.3 Å². The van der Waals surface area contributed by atoms with Gasteiger partial charge < -0.3 is 9.68 Å². The topological polar surface area (TPSA) is 69.0 Å². The molecule has 0 spiro atoms. The molecule has 0 aliphatic heterocycles. The fourth-order valence-corrected chi connectivity index (χ4v) is 2.42. The fraction of sp³-hybridized carbons (Fsp3) is 0.400. The molecule has 1 unspecified atom stereocenters. The number of hydrogen-bond donors (Lipinski definition) is 0. The molecule has 138 valence electrons. The highest BCUT2D eigenvalue weighted by atomic mass is 16.6. The second kappa shape index (κ2) is 9.65. The van der Waals surface area contributed by atoms with Crippen LogP contribution in [0.2, 0.25) is 0 Å². The molecule has 2 heterocycles. The van der Waals surface area contributed by atoms with E-state index in [1.165, 1.54) is 7.11 Å². The summed E-state index contributed by atoms with van der Waals surface area (Å²) in [5, 5.41) is 8.10. The van der Waals surface area contributed by atoms with Crippen molar-refractivity contribution in [2.75, 3.05) is 13.7 Å². The highest BCUT2D eigenvalue weighted by Gasteiger charge is 2.10. The molecule has 1 atom stereocenters. The predicted molar refractivity (Wildman–Crippen MR) is 104 cm³/mol. The van der Waals surface area contributed by atoms with Gasteiger partial charge in [-0.1, -0.05) is 29.4 Å². The molecule has 0 saturated carbocycles. The first-order valence-electron chi connectivity index (χ1n) is 8.67. The van der Waals surface area contributed by atoms with Crippen LogP contribution in [-0.4, -0.2) is 35.1 Å². The summed E-state index contributed by atoms with van der Waals surface area (Å²) in [5.41, 5.74) is 5.13. The van der Waals surface area contributed by atoms with Gasteiger partial charge in [-0.25, -0.2) is 0 Å². The Hall–Kier alpha value is -2.76. The maximum Gasteiger partial charge on any atom is 0.117 e. The van der Waals surface area contributed by atoms with Crippen molar-refractivity contribution in [2.45, 2.75) is 40.0 Å². The first-order valence-corrected chi connectivity index (χ1v) is 8.67. The summed E-state index contributed by atoms with van der Waals surface area (Å²) in [5.74, 6) is 0.248. The summed E-state index contributed by atoms with van der Waals surface area (Å²) in [6.45, 7) is 8.37. The summed E-state index contributed by atoms with van der Waals surface area (Å²) in [7, 11) is 1.53. The Balaban J connectivity index is 1.91. The van der Waals surface area contributed by atoms with Gasteiger partial charge in [-0.05, 0) is 51.5 Å². The van der Waals surface area contributed by atoms with Gasteiger partial charge in [-0.2, -0.15) is 0 Å².